The van der Waals surface area contributed by atoms with Crippen LogP contribution in [0.25, 0.3) is 0 Å². The van der Waals surface area contributed by atoms with E-state index in [-0.39, 0.29) is 11.8 Å². The van der Waals surface area contributed by atoms with Gasteiger partial charge in [0.1, 0.15) is 0 Å². The average Bonchev–Trinajstić information content (AvgIpc) is 2.23. The van der Waals surface area contributed by atoms with Crippen molar-refractivity contribution in [1.29, 1.82) is 0 Å². The van der Waals surface area contributed by atoms with E-state index in [0.717, 1.165) is 25.9 Å². The molecule has 1 saturated heterocycles. The number of likely N-dealkylation sites (tertiary alicyclic amines) is 1. The van der Waals surface area contributed by atoms with Crippen LogP contribution < -0.4 is 5.73 Å². The lowest BCUT2D eigenvalue weighted by atomic mass is 9.90. The number of piperidine rings is 1. The third kappa shape index (κ3) is 3.48. The van der Waals surface area contributed by atoms with Gasteiger partial charge in [-0.3, -0.25) is 4.79 Å². The Bertz CT molecular complexity index is 220. The van der Waals surface area contributed by atoms with Crippen LogP contribution in [0.1, 0.15) is 40.0 Å². The largest absolute Gasteiger partial charge is 0.342 e. The monoisotopic (exact) mass is 226 g/mol. The van der Waals surface area contributed by atoms with Gasteiger partial charge in [-0.2, -0.15) is 0 Å². The van der Waals surface area contributed by atoms with E-state index in [9.17, 15) is 4.79 Å². The van der Waals surface area contributed by atoms with Gasteiger partial charge in [-0.1, -0.05) is 27.2 Å². The van der Waals surface area contributed by atoms with Gasteiger partial charge in [0, 0.05) is 19.6 Å². The van der Waals surface area contributed by atoms with Crippen LogP contribution in [0.4, 0.5) is 0 Å². The molecule has 1 fully saturated rings. The lowest BCUT2D eigenvalue weighted by Gasteiger charge is -2.36. The summed E-state index contributed by atoms with van der Waals surface area (Å²) in [6, 6.07) is 0. The first kappa shape index (κ1) is 13.5. The topological polar surface area (TPSA) is 46.3 Å². The van der Waals surface area contributed by atoms with E-state index in [0.29, 0.717) is 18.4 Å². The minimum Gasteiger partial charge on any atom is -0.342 e. The molecule has 0 spiro atoms. The quantitative estimate of drug-likeness (QED) is 0.795. The van der Waals surface area contributed by atoms with E-state index >= 15 is 0 Å². The molecule has 2 N–H and O–H groups in total. The second-order valence-electron chi connectivity index (χ2n) is 5.41. The lowest BCUT2D eigenvalue weighted by molar-refractivity contribution is -0.138. The zero-order valence-corrected chi connectivity index (χ0v) is 10.9. The molecule has 3 unspecified atom stereocenters. The first-order valence-electron chi connectivity index (χ1n) is 6.57. The van der Waals surface area contributed by atoms with Crippen molar-refractivity contribution in [3.63, 3.8) is 0 Å². The van der Waals surface area contributed by atoms with E-state index in [1.807, 2.05) is 4.90 Å². The van der Waals surface area contributed by atoms with Gasteiger partial charge in [-0.15, -0.1) is 0 Å². The highest BCUT2D eigenvalue weighted by atomic mass is 16.2. The Balaban J connectivity index is 2.57. The van der Waals surface area contributed by atoms with Crippen molar-refractivity contribution >= 4 is 5.91 Å². The van der Waals surface area contributed by atoms with Crippen molar-refractivity contribution in [3.8, 4) is 0 Å². The van der Waals surface area contributed by atoms with Crippen LogP contribution in [-0.4, -0.2) is 30.4 Å². The van der Waals surface area contributed by atoms with Gasteiger partial charge in [-0.05, 0) is 24.7 Å². The number of amides is 1. The summed E-state index contributed by atoms with van der Waals surface area (Å²) < 4.78 is 0. The lowest BCUT2D eigenvalue weighted by Crippen LogP contribution is -2.46. The van der Waals surface area contributed by atoms with Crippen molar-refractivity contribution < 1.29 is 4.79 Å². The van der Waals surface area contributed by atoms with Gasteiger partial charge in [0.2, 0.25) is 5.91 Å². The summed E-state index contributed by atoms with van der Waals surface area (Å²) >= 11 is 0. The fourth-order valence-corrected chi connectivity index (χ4v) is 2.79. The van der Waals surface area contributed by atoms with Gasteiger partial charge >= 0.3 is 0 Å². The van der Waals surface area contributed by atoms with Crippen molar-refractivity contribution in [2.45, 2.75) is 40.0 Å². The zero-order valence-electron chi connectivity index (χ0n) is 10.9. The first-order valence-corrected chi connectivity index (χ1v) is 6.57. The number of carbonyl (C=O) groups excluding carboxylic acids is 1. The highest BCUT2D eigenvalue weighted by Gasteiger charge is 2.28. The molecule has 0 radical (unpaired) electrons. The molecule has 0 aliphatic carbocycles. The summed E-state index contributed by atoms with van der Waals surface area (Å²) in [7, 11) is 0. The van der Waals surface area contributed by atoms with Gasteiger partial charge in [0.15, 0.2) is 0 Å². The van der Waals surface area contributed by atoms with Gasteiger partial charge in [-0.25, -0.2) is 0 Å². The molecule has 0 bridgehead atoms. The van der Waals surface area contributed by atoms with Crippen molar-refractivity contribution in [1.82, 2.24) is 4.90 Å². The number of rotatable bonds is 4. The summed E-state index contributed by atoms with van der Waals surface area (Å²) in [5, 5.41) is 0. The summed E-state index contributed by atoms with van der Waals surface area (Å²) in [5.74, 6) is 1.59. The highest BCUT2D eigenvalue weighted by molar-refractivity contribution is 5.79. The van der Waals surface area contributed by atoms with Crippen LogP contribution >= 0.6 is 0 Å². The van der Waals surface area contributed by atoms with E-state index in [1.165, 1.54) is 6.42 Å². The van der Waals surface area contributed by atoms with E-state index in [2.05, 4.69) is 20.8 Å². The first-order chi connectivity index (χ1) is 7.58. The number of hydrogen-bond acceptors (Lipinski definition) is 2. The standard InChI is InChI=1S/C13H26N2O/c1-4-5-12(7-14)13(16)15-8-10(2)6-11(3)9-15/h10-12H,4-9,14H2,1-3H3. The molecule has 3 nitrogen and oxygen atoms in total. The minimum absolute atomic E-state index is 0.0440. The molecule has 3 heteroatoms. The molecule has 0 saturated carbocycles. The Morgan fingerprint density at radius 3 is 2.38 bits per heavy atom. The molecule has 1 heterocycles. The fraction of sp³-hybridized carbons (Fsp3) is 0.923. The molecule has 1 aliphatic rings. The number of hydrogen-bond donors (Lipinski definition) is 1. The summed E-state index contributed by atoms with van der Waals surface area (Å²) in [6.45, 7) is 8.90. The van der Waals surface area contributed by atoms with Crippen LogP contribution in [-0.2, 0) is 4.79 Å². The zero-order chi connectivity index (χ0) is 12.1. The Morgan fingerprint density at radius 2 is 1.94 bits per heavy atom. The molecule has 1 rings (SSSR count). The average molecular weight is 226 g/mol. The van der Waals surface area contributed by atoms with Gasteiger partial charge < -0.3 is 10.6 Å². The summed E-state index contributed by atoms with van der Waals surface area (Å²) in [4.78, 5) is 14.3. The van der Waals surface area contributed by atoms with E-state index < -0.39 is 0 Å². The third-order valence-electron chi connectivity index (χ3n) is 3.45. The Morgan fingerprint density at radius 1 is 1.38 bits per heavy atom. The predicted molar refractivity (Wildman–Crippen MR) is 67.0 cm³/mol. The smallest absolute Gasteiger partial charge is 0.226 e. The van der Waals surface area contributed by atoms with Crippen LogP contribution in [0.3, 0.4) is 0 Å². The van der Waals surface area contributed by atoms with E-state index in [1.54, 1.807) is 0 Å². The number of carbonyl (C=O) groups is 1. The molecule has 94 valence electrons. The van der Waals surface area contributed by atoms with Crippen LogP contribution in [0, 0.1) is 17.8 Å². The van der Waals surface area contributed by atoms with Crippen molar-refractivity contribution in [2.75, 3.05) is 19.6 Å². The Kier molecular flexibility index (Phi) is 5.26. The second-order valence-corrected chi connectivity index (χ2v) is 5.41. The molecule has 16 heavy (non-hydrogen) atoms. The molecule has 1 aliphatic heterocycles. The normalized spacial score (nSPS) is 27.9. The SMILES string of the molecule is CCCC(CN)C(=O)N1CC(C)CC(C)C1. The highest BCUT2D eigenvalue weighted by Crippen LogP contribution is 2.23. The number of nitrogens with zero attached hydrogens (tertiary/aromatic N) is 1. The van der Waals surface area contributed by atoms with Crippen LogP contribution in [0.2, 0.25) is 0 Å². The Labute approximate surface area is 99.4 Å². The van der Waals surface area contributed by atoms with Crippen LogP contribution in [0.5, 0.6) is 0 Å². The predicted octanol–water partition coefficient (Wildman–Crippen LogP) is 1.87. The maximum atomic E-state index is 12.3. The molecule has 1 amide bonds. The molecular weight excluding hydrogens is 200 g/mol. The summed E-state index contributed by atoms with van der Waals surface area (Å²) in [5.41, 5.74) is 5.69. The molecule has 0 aromatic heterocycles. The molecule has 0 aromatic carbocycles. The van der Waals surface area contributed by atoms with Gasteiger partial charge in [0.25, 0.3) is 0 Å². The van der Waals surface area contributed by atoms with Crippen molar-refractivity contribution in [3.05, 3.63) is 0 Å². The van der Waals surface area contributed by atoms with Crippen molar-refractivity contribution in [2.24, 2.45) is 23.5 Å². The second kappa shape index (κ2) is 6.24. The fourth-order valence-electron chi connectivity index (χ4n) is 2.79. The van der Waals surface area contributed by atoms with Crippen LogP contribution in [0.15, 0.2) is 0 Å². The minimum atomic E-state index is 0.0440. The summed E-state index contributed by atoms with van der Waals surface area (Å²) in [6.07, 6.45) is 3.20. The molecule has 0 aromatic rings. The maximum Gasteiger partial charge on any atom is 0.226 e. The van der Waals surface area contributed by atoms with Gasteiger partial charge in [0.05, 0.1) is 5.92 Å². The Hall–Kier alpha value is -0.570. The number of nitrogens with two attached hydrogens (primary N) is 1. The third-order valence-corrected chi connectivity index (χ3v) is 3.45. The molecular formula is C13H26N2O. The molecule has 3 atom stereocenters. The van der Waals surface area contributed by atoms with E-state index in [4.69, 9.17) is 5.73 Å². The maximum absolute atomic E-state index is 12.3.